The van der Waals surface area contributed by atoms with E-state index in [4.69, 9.17) is 11.6 Å². The van der Waals surface area contributed by atoms with Crippen molar-refractivity contribution in [2.24, 2.45) is 11.8 Å². The van der Waals surface area contributed by atoms with Gasteiger partial charge in [-0.15, -0.1) is 0 Å². The first-order chi connectivity index (χ1) is 15.2. The first-order valence-corrected chi connectivity index (χ1v) is 10.7. The highest BCUT2D eigenvalue weighted by Gasteiger charge is 2.64. The van der Waals surface area contributed by atoms with Gasteiger partial charge in [0.15, 0.2) is 5.78 Å². The lowest BCUT2D eigenvalue weighted by molar-refractivity contribution is -0.137. The van der Waals surface area contributed by atoms with Crippen LogP contribution in [-0.2, 0) is 15.8 Å². The molecule has 0 spiro atoms. The summed E-state index contributed by atoms with van der Waals surface area (Å²) < 4.78 is 39.6. The zero-order valence-corrected chi connectivity index (χ0v) is 17.4. The number of hydrogen-bond acceptors (Lipinski definition) is 4. The molecule has 5 rings (SSSR count). The van der Waals surface area contributed by atoms with Crippen molar-refractivity contribution in [1.82, 2.24) is 4.90 Å². The van der Waals surface area contributed by atoms with Gasteiger partial charge in [0.1, 0.15) is 0 Å². The predicted octanol–water partition coefficient (Wildman–Crippen LogP) is 4.19. The number of rotatable bonds is 3. The summed E-state index contributed by atoms with van der Waals surface area (Å²) in [5.41, 5.74) is -0.682. The van der Waals surface area contributed by atoms with Crippen LogP contribution in [0.15, 0.2) is 48.5 Å². The lowest BCUT2D eigenvalue weighted by atomic mass is 9.85. The number of Topliss-reactive ketones (excluding diaryl/α,β-unsaturated/α-hetero) is 1. The number of ketones is 1. The molecule has 0 bridgehead atoms. The van der Waals surface area contributed by atoms with Gasteiger partial charge in [0.25, 0.3) is 0 Å². The van der Waals surface area contributed by atoms with Gasteiger partial charge in [0.05, 0.1) is 29.1 Å². The van der Waals surface area contributed by atoms with E-state index in [1.165, 1.54) is 12.1 Å². The van der Waals surface area contributed by atoms with Crippen molar-refractivity contribution in [3.8, 4) is 0 Å². The summed E-state index contributed by atoms with van der Waals surface area (Å²) in [5.74, 6) is -3.12. The normalized spacial score (nSPS) is 27.7. The van der Waals surface area contributed by atoms with Crippen molar-refractivity contribution in [2.75, 3.05) is 11.4 Å². The maximum atomic E-state index is 13.4. The molecule has 32 heavy (non-hydrogen) atoms. The van der Waals surface area contributed by atoms with Crippen LogP contribution >= 0.6 is 11.6 Å². The number of amides is 2. The molecular weight excluding hydrogens is 445 g/mol. The highest BCUT2D eigenvalue weighted by atomic mass is 35.5. The van der Waals surface area contributed by atoms with Gasteiger partial charge >= 0.3 is 6.18 Å². The molecule has 0 N–H and O–H groups in total. The molecule has 2 amide bonds. The van der Waals surface area contributed by atoms with Gasteiger partial charge < -0.3 is 0 Å². The molecule has 0 radical (unpaired) electrons. The number of hydrogen-bond donors (Lipinski definition) is 0. The number of anilines is 1. The molecule has 0 aliphatic carbocycles. The maximum absolute atomic E-state index is 13.4. The highest BCUT2D eigenvalue weighted by Crippen LogP contribution is 2.48. The van der Waals surface area contributed by atoms with Gasteiger partial charge in [-0.2, -0.15) is 13.2 Å². The fourth-order valence-electron chi connectivity index (χ4n) is 5.38. The van der Waals surface area contributed by atoms with Crippen LogP contribution in [0.1, 0.15) is 28.8 Å². The quantitative estimate of drug-likeness (QED) is 0.507. The van der Waals surface area contributed by atoms with Gasteiger partial charge in [-0.1, -0.05) is 17.7 Å². The van der Waals surface area contributed by atoms with Crippen molar-refractivity contribution in [3.05, 3.63) is 64.7 Å². The molecule has 3 saturated heterocycles. The van der Waals surface area contributed by atoms with E-state index in [1.54, 1.807) is 24.3 Å². The monoisotopic (exact) mass is 462 g/mol. The summed E-state index contributed by atoms with van der Waals surface area (Å²) in [4.78, 5) is 42.9. The molecule has 0 aromatic heterocycles. The second-order valence-electron chi connectivity index (χ2n) is 8.37. The summed E-state index contributed by atoms with van der Waals surface area (Å²) >= 11 is 5.92. The Labute approximate surface area is 186 Å². The zero-order chi connectivity index (χ0) is 22.8. The lowest BCUT2D eigenvalue weighted by Gasteiger charge is -2.27. The third-order valence-corrected chi connectivity index (χ3v) is 6.93. The molecule has 2 aromatic carbocycles. The minimum absolute atomic E-state index is 0.119. The van der Waals surface area contributed by atoms with Gasteiger partial charge in [-0.25, -0.2) is 4.90 Å². The first kappa shape index (κ1) is 21.2. The fraction of sp³-hybridized carbons (Fsp3) is 0.348. The van der Waals surface area contributed by atoms with Crippen LogP contribution in [0.2, 0.25) is 5.02 Å². The number of nitrogens with zero attached hydrogens (tertiary/aromatic N) is 2. The van der Waals surface area contributed by atoms with Gasteiger partial charge in [0.2, 0.25) is 11.8 Å². The molecule has 3 heterocycles. The number of carbonyl (C=O) groups excluding carboxylic acids is 3. The third kappa shape index (κ3) is 3.16. The molecule has 2 aromatic rings. The van der Waals surface area contributed by atoms with Crippen LogP contribution < -0.4 is 4.90 Å². The molecule has 0 unspecified atom stereocenters. The van der Waals surface area contributed by atoms with Crippen LogP contribution in [-0.4, -0.2) is 41.1 Å². The highest BCUT2D eigenvalue weighted by molar-refractivity contribution is 6.30. The summed E-state index contributed by atoms with van der Waals surface area (Å²) in [5, 5.41) is 0.465. The Morgan fingerprint density at radius 3 is 2.38 bits per heavy atom. The van der Waals surface area contributed by atoms with Crippen molar-refractivity contribution in [1.29, 1.82) is 0 Å². The van der Waals surface area contributed by atoms with E-state index in [2.05, 4.69) is 0 Å². The number of fused-ring (bicyclic) bond motifs is 3. The van der Waals surface area contributed by atoms with E-state index in [9.17, 15) is 27.6 Å². The molecule has 3 aliphatic heterocycles. The Morgan fingerprint density at radius 2 is 1.69 bits per heavy atom. The number of halogens is 4. The average Bonchev–Trinajstić information content (AvgIpc) is 3.39. The van der Waals surface area contributed by atoms with Gasteiger partial charge in [-0.05, 0) is 61.9 Å². The fourth-order valence-corrected chi connectivity index (χ4v) is 5.50. The number of imide groups is 1. The van der Waals surface area contributed by atoms with E-state index in [0.717, 1.165) is 23.5 Å². The largest absolute Gasteiger partial charge is 0.416 e. The van der Waals surface area contributed by atoms with Crippen LogP contribution in [0.25, 0.3) is 0 Å². The van der Waals surface area contributed by atoms with Crippen molar-refractivity contribution < 1.29 is 27.6 Å². The van der Waals surface area contributed by atoms with Crippen molar-refractivity contribution in [2.45, 2.75) is 31.1 Å². The van der Waals surface area contributed by atoms with Crippen LogP contribution in [0.5, 0.6) is 0 Å². The molecule has 3 aliphatic rings. The summed E-state index contributed by atoms with van der Waals surface area (Å²) in [6, 6.07) is 9.39. The van der Waals surface area contributed by atoms with E-state index >= 15 is 0 Å². The zero-order valence-electron chi connectivity index (χ0n) is 16.7. The molecule has 166 valence electrons. The summed E-state index contributed by atoms with van der Waals surface area (Å²) in [6.07, 6.45) is -3.17. The maximum Gasteiger partial charge on any atom is 0.416 e. The van der Waals surface area contributed by atoms with Crippen LogP contribution in [0.4, 0.5) is 18.9 Å². The van der Waals surface area contributed by atoms with Gasteiger partial charge in [-0.3, -0.25) is 19.3 Å². The third-order valence-electron chi connectivity index (χ3n) is 6.68. The topological polar surface area (TPSA) is 57.7 Å². The Bertz CT molecular complexity index is 1120. The number of carbonyl (C=O) groups is 3. The molecule has 0 saturated carbocycles. The molecular formula is C23H18ClF3N2O3. The minimum Gasteiger partial charge on any atom is -0.292 e. The van der Waals surface area contributed by atoms with Crippen LogP contribution in [0, 0.1) is 11.8 Å². The van der Waals surface area contributed by atoms with Crippen LogP contribution in [0.3, 0.4) is 0 Å². The molecule has 9 heteroatoms. The molecule has 3 fully saturated rings. The average molecular weight is 463 g/mol. The summed E-state index contributed by atoms with van der Waals surface area (Å²) in [7, 11) is 0. The second-order valence-corrected chi connectivity index (χ2v) is 8.81. The van der Waals surface area contributed by atoms with E-state index in [-0.39, 0.29) is 17.5 Å². The van der Waals surface area contributed by atoms with Gasteiger partial charge in [0, 0.05) is 16.6 Å². The number of alkyl halides is 3. The second kappa shape index (κ2) is 7.42. The Kier molecular flexibility index (Phi) is 4.90. The Morgan fingerprint density at radius 1 is 1.00 bits per heavy atom. The molecule has 4 atom stereocenters. The number of benzene rings is 2. The Balaban J connectivity index is 1.54. The summed E-state index contributed by atoms with van der Waals surface area (Å²) in [6.45, 7) is 0.589. The SMILES string of the molecule is O=C(c1ccc(Cl)cc1)[C@@H]1[C@@H]2C(=O)N(c3cccc(C(F)(F)F)c3)C(=O)[C@@H]2[C@H]2CCCN21. The van der Waals surface area contributed by atoms with E-state index in [0.29, 0.717) is 23.6 Å². The van der Waals surface area contributed by atoms with Crippen molar-refractivity contribution in [3.63, 3.8) is 0 Å². The standard InChI is InChI=1S/C23H18ClF3N2O3/c24-14-8-6-12(7-9-14)20(30)19-18-17(16-5-2-10-28(16)19)21(31)29(22(18)32)15-4-1-3-13(11-15)23(25,26)27/h1,3-4,6-9,11,16-19H,2,5,10H2/t16-,17-,18-,19+/m1/s1. The smallest absolute Gasteiger partial charge is 0.292 e. The predicted molar refractivity (Wildman–Crippen MR) is 110 cm³/mol. The minimum atomic E-state index is -4.60. The lowest BCUT2D eigenvalue weighted by Crippen LogP contribution is -2.46. The van der Waals surface area contributed by atoms with E-state index in [1.807, 2.05) is 4.90 Å². The first-order valence-electron chi connectivity index (χ1n) is 10.3. The van der Waals surface area contributed by atoms with E-state index < -0.39 is 41.4 Å². The Hall–Kier alpha value is -2.71. The van der Waals surface area contributed by atoms with Crippen molar-refractivity contribution >= 4 is 34.9 Å². The molecule has 5 nitrogen and oxygen atoms in total.